The van der Waals surface area contributed by atoms with Gasteiger partial charge in [-0.05, 0) is 47.7 Å². The van der Waals surface area contributed by atoms with Crippen LogP contribution in [-0.4, -0.2) is 20.9 Å². The summed E-state index contributed by atoms with van der Waals surface area (Å²) in [6, 6.07) is 10.8. The summed E-state index contributed by atoms with van der Waals surface area (Å²) in [7, 11) is -3.91. The summed E-state index contributed by atoms with van der Waals surface area (Å²) in [5, 5.41) is 2.74. The molecule has 5 nitrogen and oxygen atoms in total. The quantitative estimate of drug-likeness (QED) is 0.838. The number of halogens is 1. The van der Waals surface area contributed by atoms with Gasteiger partial charge in [0.15, 0.2) is 0 Å². The Kier molecular flexibility index (Phi) is 5.83. The molecule has 0 fully saturated rings. The highest BCUT2D eigenvalue weighted by Gasteiger charge is 2.21. The van der Waals surface area contributed by atoms with Gasteiger partial charge in [-0.1, -0.05) is 39.0 Å². The Bertz CT molecular complexity index is 919. The van der Waals surface area contributed by atoms with Crippen molar-refractivity contribution in [2.75, 3.05) is 11.9 Å². The van der Waals surface area contributed by atoms with Crippen molar-refractivity contribution in [1.29, 1.82) is 0 Å². The molecule has 1 amide bonds. The van der Waals surface area contributed by atoms with Crippen LogP contribution in [-0.2, 0) is 20.2 Å². The van der Waals surface area contributed by atoms with Crippen LogP contribution in [0.5, 0.6) is 0 Å². The van der Waals surface area contributed by atoms with Crippen LogP contribution in [0, 0.1) is 12.7 Å². The number of carbonyl (C=O) groups is 1. The lowest BCUT2D eigenvalue weighted by molar-refractivity contribution is -0.115. The number of benzene rings is 2. The number of carbonyl (C=O) groups excluding carboxylic acids is 1. The summed E-state index contributed by atoms with van der Waals surface area (Å²) in [5.74, 6) is -0.997. The smallest absolute Gasteiger partial charge is 0.241 e. The second-order valence-corrected chi connectivity index (χ2v) is 8.81. The average molecular weight is 378 g/mol. The summed E-state index contributed by atoms with van der Waals surface area (Å²) >= 11 is 0. The number of aryl methyl sites for hydroxylation is 1. The molecule has 0 saturated heterocycles. The molecule has 2 N–H and O–H groups in total. The van der Waals surface area contributed by atoms with Crippen molar-refractivity contribution >= 4 is 21.6 Å². The molecule has 0 unspecified atom stereocenters. The Morgan fingerprint density at radius 3 is 2.38 bits per heavy atom. The second kappa shape index (κ2) is 7.55. The predicted molar refractivity (Wildman–Crippen MR) is 100 cm³/mol. The van der Waals surface area contributed by atoms with Crippen LogP contribution in [0.25, 0.3) is 0 Å². The number of anilines is 1. The van der Waals surface area contributed by atoms with E-state index < -0.39 is 28.3 Å². The topological polar surface area (TPSA) is 75.3 Å². The van der Waals surface area contributed by atoms with Gasteiger partial charge < -0.3 is 5.32 Å². The molecule has 2 rings (SSSR count). The van der Waals surface area contributed by atoms with E-state index >= 15 is 0 Å². The first kappa shape index (κ1) is 20.1. The van der Waals surface area contributed by atoms with E-state index in [2.05, 4.69) is 10.0 Å². The Morgan fingerprint density at radius 2 is 1.77 bits per heavy atom. The van der Waals surface area contributed by atoms with Crippen molar-refractivity contribution in [1.82, 2.24) is 4.72 Å². The molecule has 0 saturated carbocycles. The van der Waals surface area contributed by atoms with E-state index in [0.717, 1.165) is 17.7 Å². The van der Waals surface area contributed by atoms with Gasteiger partial charge in [0.2, 0.25) is 15.9 Å². The molecule has 2 aromatic rings. The molecule has 0 atom stereocenters. The summed E-state index contributed by atoms with van der Waals surface area (Å²) in [6.07, 6.45) is 0. The number of hydrogen-bond acceptors (Lipinski definition) is 3. The molecular formula is C19H23FN2O3S. The lowest BCUT2D eigenvalue weighted by atomic mass is 9.86. The minimum atomic E-state index is -3.91. The Morgan fingerprint density at radius 1 is 1.12 bits per heavy atom. The molecule has 140 valence electrons. The van der Waals surface area contributed by atoms with Crippen molar-refractivity contribution in [3.8, 4) is 0 Å². The number of nitrogens with one attached hydrogen (secondary N) is 2. The minimum Gasteiger partial charge on any atom is -0.325 e. The van der Waals surface area contributed by atoms with E-state index in [0.29, 0.717) is 5.69 Å². The molecular weight excluding hydrogens is 355 g/mol. The van der Waals surface area contributed by atoms with Gasteiger partial charge in [0, 0.05) is 5.69 Å². The van der Waals surface area contributed by atoms with Crippen molar-refractivity contribution < 1.29 is 17.6 Å². The molecule has 2 aromatic carbocycles. The lowest BCUT2D eigenvalue weighted by Crippen LogP contribution is -2.33. The Balaban J connectivity index is 2.10. The Hall–Kier alpha value is -2.25. The van der Waals surface area contributed by atoms with E-state index in [1.165, 1.54) is 13.0 Å². The van der Waals surface area contributed by atoms with Gasteiger partial charge in [0.05, 0.1) is 11.4 Å². The molecule has 26 heavy (non-hydrogen) atoms. The van der Waals surface area contributed by atoms with Gasteiger partial charge in [-0.2, -0.15) is 0 Å². The van der Waals surface area contributed by atoms with Gasteiger partial charge in [-0.3, -0.25) is 4.79 Å². The molecule has 0 aliphatic carbocycles. The first-order valence-electron chi connectivity index (χ1n) is 8.16. The van der Waals surface area contributed by atoms with Gasteiger partial charge >= 0.3 is 0 Å². The van der Waals surface area contributed by atoms with Crippen LogP contribution in [0.2, 0.25) is 0 Å². The average Bonchev–Trinajstić information content (AvgIpc) is 2.52. The van der Waals surface area contributed by atoms with Crippen LogP contribution < -0.4 is 10.0 Å². The van der Waals surface area contributed by atoms with E-state index in [4.69, 9.17) is 0 Å². The highest BCUT2D eigenvalue weighted by molar-refractivity contribution is 7.89. The normalized spacial score (nSPS) is 12.0. The van der Waals surface area contributed by atoms with Gasteiger partial charge in [0.25, 0.3) is 0 Å². The van der Waals surface area contributed by atoms with Crippen LogP contribution >= 0.6 is 0 Å². The Labute approximate surface area is 153 Å². The summed E-state index contributed by atoms with van der Waals surface area (Å²) in [4.78, 5) is 12.2. The van der Waals surface area contributed by atoms with E-state index in [1.807, 2.05) is 32.9 Å². The van der Waals surface area contributed by atoms with Gasteiger partial charge in [-0.15, -0.1) is 0 Å². The molecule has 0 aromatic heterocycles. The van der Waals surface area contributed by atoms with Crippen LogP contribution in [0.4, 0.5) is 10.1 Å². The SMILES string of the molecule is Cc1cc(F)ccc1S(=O)(=O)NCC(=O)Nc1ccccc1C(C)(C)C. The van der Waals surface area contributed by atoms with Gasteiger partial charge in [0.1, 0.15) is 5.82 Å². The molecule has 7 heteroatoms. The standard InChI is InChI=1S/C19H23FN2O3S/c1-13-11-14(20)9-10-17(13)26(24,25)21-12-18(23)22-16-8-6-5-7-15(16)19(2,3)4/h5-11,21H,12H2,1-4H3,(H,22,23). The molecule has 0 aliphatic heterocycles. The maximum Gasteiger partial charge on any atom is 0.241 e. The molecule has 0 heterocycles. The first-order valence-corrected chi connectivity index (χ1v) is 9.64. The van der Waals surface area contributed by atoms with Crippen LogP contribution in [0.15, 0.2) is 47.4 Å². The van der Waals surface area contributed by atoms with Crippen LogP contribution in [0.1, 0.15) is 31.9 Å². The van der Waals surface area contributed by atoms with Crippen LogP contribution in [0.3, 0.4) is 0 Å². The third kappa shape index (κ3) is 4.89. The third-order valence-corrected chi connectivity index (χ3v) is 5.42. The van der Waals surface area contributed by atoms with Crippen molar-refractivity contribution in [3.63, 3.8) is 0 Å². The van der Waals surface area contributed by atoms with Crippen molar-refractivity contribution in [2.24, 2.45) is 0 Å². The number of amides is 1. The van der Waals surface area contributed by atoms with E-state index in [1.54, 1.807) is 12.1 Å². The molecule has 0 bridgehead atoms. The first-order chi connectivity index (χ1) is 12.0. The fraction of sp³-hybridized carbons (Fsp3) is 0.316. The molecule has 0 spiro atoms. The summed E-state index contributed by atoms with van der Waals surface area (Å²) < 4.78 is 40.1. The highest BCUT2D eigenvalue weighted by atomic mass is 32.2. The zero-order valence-electron chi connectivity index (χ0n) is 15.3. The zero-order chi connectivity index (χ0) is 19.5. The lowest BCUT2D eigenvalue weighted by Gasteiger charge is -2.23. The van der Waals surface area contributed by atoms with Crippen molar-refractivity contribution in [2.45, 2.75) is 38.0 Å². The maximum atomic E-state index is 13.1. The van der Waals surface area contributed by atoms with Crippen molar-refractivity contribution in [3.05, 3.63) is 59.4 Å². The molecule has 0 radical (unpaired) electrons. The number of rotatable bonds is 5. The predicted octanol–water partition coefficient (Wildman–Crippen LogP) is 3.35. The minimum absolute atomic E-state index is 0.0539. The summed E-state index contributed by atoms with van der Waals surface area (Å²) in [6.45, 7) is 7.16. The molecule has 0 aliphatic rings. The number of sulfonamides is 1. The van der Waals surface area contributed by atoms with E-state index in [9.17, 15) is 17.6 Å². The summed E-state index contributed by atoms with van der Waals surface area (Å²) in [5.41, 5.74) is 1.69. The second-order valence-electron chi connectivity index (χ2n) is 7.08. The highest BCUT2D eigenvalue weighted by Crippen LogP contribution is 2.29. The number of para-hydroxylation sites is 1. The van der Waals surface area contributed by atoms with Gasteiger partial charge in [-0.25, -0.2) is 17.5 Å². The number of hydrogen-bond donors (Lipinski definition) is 2. The monoisotopic (exact) mass is 378 g/mol. The fourth-order valence-electron chi connectivity index (χ4n) is 2.59. The zero-order valence-corrected chi connectivity index (χ0v) is 16.1. The largest absolute Gasteiger partial charge is 0.325 e. The third-order valence-electron chi connectivity index (χ3n) is 3.86. The maximum absolute atomic E-state index is 13.1. The fourth-order valence-corrected chi connectivity index (χ4v) is 3.80. The van der Waals surface area contributed by atoms with E-state index in [-0.39, 0.29) is 15.9 Å².